The van der Waals surface area contributed by atoms with Crippen LogP contribution in [0.5, 0.6) is 11.5 Å². The van der Waals surface area contributed by atoms with E-state index < -0.39 is 11.8 Å². The summed E-state index contributed by atoms with van der Waals surface area (Å²) in [7, 11) is 0. The van der Waals surface area contributed by atoms with Gasteiger partial charge < -0.3 is 9.47 Å². The third-order valence-corrected chi connectivity index (χ3v) is 6.87. The Kier molecular flexibility index (Phi) is 7.42. The number of anilines is 1. The van der Waals surface area contributed by atoms with Crippen LogP contribution in [-0.2, 0) is 9.59 Å². The van der Waals surface area contributed by atoms with E-state index in [9.17, 15) is 9.59 Å². The maximum atomic E-state index is 12.9. The molecular weight excluding hydrogens is 484 g/mol. The minimum absolute atomic E-state index is 0.0615. The smallest absolute Gasteiger partial charge is 0.282 e. The molecule has 0 saturated carbocycles. The molecule has 1 saturated heterocycles. The summed E-state index contributed by atoms with van der Waals surface area (Å²) < 4.78 is 11.8. The van der Waals surface area contributed by atoms with Crippen LogP contribution in [0.15, 0.2) is 101 Å². The lowest BCUT2D eigenvalue weighted by atomic mass is 10.1. The van der Waals surface area contributed by atoms with Crippen LogP contribution >= 0.6 is 11.8 Å². The van der Waals surface area contributed by atoms with Crippen LogP contribution in [0.4, 0.5) is 5.69 Å². The predicted octanol–water partition coefficient (Wildman–Crippen LogP) is 5.87. The van der Waals surface area contributed by atoms with Gasteiger partial charge in [0.2, 0.25) is 0 Å². The molecule has 0 atom stereocenters. The minimum atomic E-state index is -0.447. The van der Waals surface area contributed by atoms with Gasteiger partial charge in [-0.2, -0.15) is 0 Å². The number of rotatable bonds is 9. The Morgan fingerprint density at radius 1 is 0.865 bits per heavy atom. The lowest BCUT2D eigenvalue weighted by molar-refractivity contribution is -0.117. The number of amides is 2. The third kappa shape index (κ3) is 5.47. The molecule has 37 heavy (non-hydrogen) atoms. The number of ether oxygens (including phenoxy) is 2. The van der Waals surface area contributed by atoms with Crippen molar-refractivity contribution in [2.45, 2.75) is 11.8 Å². The summed E-state index contributed by atoms with van der Waals surface area (Å²) in [5, 5.41) is 3.71. The Balaban J connectivity index is 1.27. The van der Waals surface area contributed by atoms with E-state index in [2.05, 4.69) is 41.8 Å². The first-order valence-electron chi connectivity index (χ1n) is 12.1. The fourth-order valence-electron chi connectivity index (χ4n) is 4.11. The van der Waals surface area contributed by atoms with E-state index >= 15 is 0 Å². The molecule has 0 bridgehead atoms. The highest BCUT2D eigenvalue weighted by Gasteiger charge is 2.34. The highest BCUT2D eigenvalue weighted by atomic mass is 32.2. The van der Waals surface area contributed by atoms with E-state index in [0.717, 1.165) is 5.75 Å². The van der Waals surface area contributed by atoms with Crippen molar-refractivity contribution in [1.82, 2.24) is 5.43 Å². The van der Waals surface area contributed by atoms with Crippen molar-refractivity contribution in [1.29, 1.82) is 0 Å². The van der Waals surface area contributed by atoms with Crippen LogP contribution in [0.1, 0.15) is 12.5 Å². The van der Waals surface area contributed by atoms with E-state index in [1.807, 2.05) is 43.3 Å². The number of carbonyl (C=O) groups excluding carboxylic acids is 2. The maximum absolute atomic E-state index is 12.9. The molecule has 1 fully saturated rings. The van der Waals surface area contributed by atoms with Crippen molar-refractivity contribution in [3.8, 4) is 11.5 Å². The van der Waals surface area contributed by atoms with Crippen LogP contribution in [0.3, 0.4) is 0 Å². The van der Waals surface area contributed by atoms with Gasteiger partial charge in [0.15, 0.2) is 11.5 Å². The number of carbonyl (C=O) groups is 2. The molecule has 1 aliphatic heterocycles. The van der Waals surface area contributed by atoms with Crippen molar-refractivity contribution < 1.29 is 19.1 Å². The fourth-order valence-corrected chi connectivity index (χ4v) is 5.01. The molecule has 0 aromatic heterocycles. The Labute approximate surface area is 219 Å². The summed E-state index contributed by atoms with van der Waals surface area (Å²) in [4.78, 5) is 26.6. The topological polar surface area (TPSA) is 67.9 Å². The molecule has 0 unspecified atom stereocenters. The summed E-state index contributed by atoms with van der Waals surface area (Å²) >= 11 is 1.75. The molecule has 0 aliphatic carbocycles. The number of nitrogens with zero attached hydrogens (tertiary/aromatic N) is 1. The second-order valence-electron chi connectivity index (χ2n) is 8.29. The first kappa shape index (κ1) is 24.5. The molecule has 0 radical (unpaired) electrons. The number of hydrogen-bond acceptors (Lipinski definition) is 5. The van der Waals surface area contributed by atoms with E-state index in [-0.39, 0.29) is 5.57 Å². The van der Waals surface area contributed by atoms with Crippen LogP contribution in [0.2, 0.25) is 0 Å². The lowest BCUT2D eigenvalue weighted by Crippen LogP contribution is -2.35. The zero-order valence-electron chi connectivity index (χ0n) is 20.3. The molecule has 5 rings (SSSR count). The monoisotopic (exact) mass is 510 g/mol. The molecule has 7 heteroatoms. The molecule has 4 aromatic carbocycles. The Bertz CT molecular complexity index is 1460. The van der Waals surface area contributed by atoms with Crippen LogP contribution in [-0.4, -0.2) is 30.8 Å². The van der Waals surface area contributed by atoms with Gasteiger partial charge in [-0.1, -0.05) is 60.7 Å². The average molecular weight is 511 g/mol. The maximum Gasteiger partial charge on any atom is 0.282 e. The van der Waals surface area contributed by atoms with Gasteiger partial charge in [0.05, 0.1) is 18.9 Å². The van der Waals surface area contributed by atoms with Gasteiger partial charge in [0, 0.05) is 10.6 Å². The zero-order chi connectivity index (χ0) is 25.6. The standard InChI is InChI=1S/C30H26N2O4S/c1-2-35-27-20-21(19-25-29(33)31-32(30(25)34)23-11-4-3-5-12-23)15-16-26(27)36-17-18-37-28-14-8-10-22-9-6-7-13-24(22)28/h3-16,19-20H,2,17-18H2,1H3,(H,31,33)/b25-19+. The van der Waals surface area contributed by atoms with Gasteiger partial charge >= 0.3 is 0 Å². The highest BCUT2D eigenvalue weighted by Crippen LogP contribution is 2.32. The number of nitrogens with one attached hydrogen (secondary N) is 1. The van der Waals surface area contributed by atoms with Crippen molar-refractivity contribution in [3.63, 3.8) is 0 Å². The Hall–Kier alpha value is -4.23. The van der Waals surface area contributed by atoms with Crippen LogP contribution < -0.4 is 19.9 Å². The first-order chi connectivity index (χ1) is 18.1. The molecule has 6 nitrogen and oxygen atoms in total. The van der Waals surface area contributed by atoms with Gasteiger partial charge in [0.25, 0.3) is 11.8 Å². The number of fused-ring (bicyclic) bond motifs is 1. The van der Waals surface area contributed by atoms with E-state index in [4.69, 9.17) is 9.47 Å². The summed E-state index contributed by atoms with van der Waals surface area (Å²) in [6.45, 7) is 2.86. The van der Waals surface area contributed by atoms with Crippen LogP contribution in [0.25, 0.3) is 16.8 Å². The van der Waals surface area contributed by atoms with Gasteiger partial charge in [-0.3, -0.25) is 15.0 Å². The number of thioether (sulfide) groups is 1. The quantitative estimate of drug-likeness (QED) is 0.132. The number of hydrazine groups is 1. The van der Waals surface area contributed by atoms with Gasteiger partial charge in [-0.15, -0.1) is 11.8 Å². The van der Waals surface area contributed by atoms with Crippen molar-refractivity contribution in [3.05, 3.63) is 102 Å². The SMILES string of the molecule is CCOc1cc(/C=C2\C(=O)NN(c3ccccc3)C2=O)ccc1OCCSc1cccc2ccccc12. The minimum Gasteiger partial charge on any atom is -0.490 e. The summed E-state index contributed by atoms with van der Waals surface area (Å²) in [5.41, 5.74) is 3.96. The molecule has 0 spiro atoms. The molecular formula is C30H26N2O4S. The average Bonchev–Trinajstić information content (AvgIpc) is 3.21. The van der Waals surface area contributed by atoms with Gasteiger partial charge in [-0.25, -0.2) is 5.01 Å². The second kappa shape index (κ2) is 11.2. The highest BCUT2D eigenvalue weighted by molar-refractivity contribution is 7.99. The molecule has 1 aliphatic rings. The van der Waals surface area contributed by atoms with Crippen molar-refractivity contribution in [2.24, 2.45) is 0 Å². The number of hydrogen-bond donors (Lipinski definition) is 1. The lowest BCUT2D eigenvalue weighted by Gasteiger charge is -2.14. The molecule has 2 amide bonds. The zero-order valence-corrected chi connectivity index (χ0v) is 21.2. The molecule has 1 heterocycles. The van der Waals surface area contributed by atoms with Gasteiger partial charge in [0.1, 0.15) is 5.57 Å². The van der Waals surface area contributed by atoms with Crippen molar-refractivity contribution in [2.75, 3.05) is 24.0 Å². The summed E-state index contributed by atoms with van der Waals surface area (Å²) in [6.07, 6.45) is 1.57. The summed E-state index contributed by atoms with van der Waals surface area (Å²) in [5.74, 6) is 1.11. The summed E-state index contributed by atoms with van der Waals surface area (Å²) in [6, 6.07) is 29.1. The largest absolute Gasteiger partial charge is 0.490 e. The fraction of sp³-hybridized carbons (Fsp3) is 0.133. The molecule has 186 valence electrons. The molecule has 4 aromatic rings. The van der Waals surface area contributed by atoms with Crippen molar-refractivity contribution >= 4 is 46.1 Å². The normalized spacial score (nSPS) is 14.3. The first-order valence-corrected chi connectivity index (χ1v) is 13.0. The van der Waals surface area contributed by atoms with Crippen LogP contribution in [0, 0.1) is 0 Å². The Morgan fingerprint density at radius 2 is 1.65 bits per heavy atom. The predicted molar refractivity (Wildman–Crippen MR) is 148 cm³/mol. The number of para-hydroxylation sites is 1. The number of benzene rings is 4. The third-order valence-electron chi connectivity index (χ3n) is 5.83. The van der Waals surface area contributed by atoms with E-state index in [1.165, 1.54) is 20.7 Å². The Morgan fingerprint density at radius 3 is 2.49 bits per heavy atom. The van der Waals surface area contributed by atoms with E-state index in [0.29, 0.717) is 36.0 Å². The van der Waals surface area contributed by atoms with E-state index in [1.54, 1.807) is 36.0 Å². The molecule has 1 N–H and O–H groups in total. The van der Waals surface area contributed by atoms with Gasteiger partial charge in [-0.05, 0) is 59.7 Å². The second-order valence-corrected chi connectivity index (χ2v) is 9.43.